The molecule has 1 unspecified atom stereocenters. The Morgan fingerprint density at radius 2 is 2.00 bits per heavy atom. The number of nitro benzene ring substituents is 1. The minimum atomic E-state index is -0.412. The fourth-order valence-electron chi connectivity index (χ4n) is 1.63. The number of nitro groups is 1. The molecule has 0 radical (unpaired) electrons. The molecule has 0 saturated heterocycles. The first-order valence-corrected chi connectivity index (χ1v) is 5.69. The van der Waals surface area contributed by atoms with Gasteiger partial charge >= 0.3 is 0 Å². The Morgan fingerprint density at radius 1 is 1.41 bits per heavy atom. The van der Waals surface area contributed by atoms with Crippen LogP contribution in [0.3, 0.4) is 0 Å². The molecule has 1 aromatic carbocycles. The fourth-order valence-corrected chi connectivity index (χ4v) is 1.63. The Kier molecular flexibility index (Phi) is 5.06. The van der Waals surface area contributed by atoms with E-state index in [0.29, 0.717) is 0 Å². The number of benzene rings is 1. The van der Waals surface area contributed by atoms with Crippen LogP contribution in [0.1, 0.15) is 31.9 Å². The fraction of sp³-hybridized carbons (Fsp3) is 0.500. The van der Waals surface area contributed by atoms with Crippen LogP contribution in [0.2, 0.25) is 0 Å². The molecule has 0 amide bonds. The van der Waals surface area contributed by atoms with Gasteiger partial charge in [-0.3, -0.25) is 10.1 Å². The zero-order chi connectivity index (χ0) is 12.8. The highest BCUT2D eigenvalue weighted by molar-refractivity contribution is 5.34. The van der Waals surface area contributed by atoms with Gasteiger partial charge in [-0.2, -0.15) is 0 Å². The van der Waals surface area contributed by atoms with Crippen molar-refractivity contribution in [2.75, 3.05) is 6.61 Å². The number of rotatable bonds is 6. The van der Waals surface area contributed by atoms with Crippen LogP contribution in [0, 0.1) is 10.1 Å². The molecule has 17 heavy (non-hydrogen) atoms. The van der Waals surface area contributed by atoms with E-state index in [2.05, 4.69) is 5.32 Å². The summed E-state index contributed by atoms with van der Waals surface area (Å²) in [6.45, 7) is 4.06. The third-order valence-corrected chi connectivity index (χ3v) is 2.80. The molecule has 2 N–H and O–H groups in total. The van der Waals surface area contributed by atoms with Gasteiger partial charge < -0.3 is 10.4 Å². The van der Waals surface area contributed by atoms with Crippen LogP contribution in [0.4, 0.5) is 5.69 Å². The SMILES string of the molecule is CC[C@H](CO)NC(C)c1ccc([N+](=O)[O-])cc1. The number of nitrogens with zero attached hydrogens (tertiary/aromatic N) is 1. The summed E-state index contributed by atoms with van der Waals surface area (Å²) in [6, 6.07) is 6.58. The average molecular weight is 238 g/mol. The van der Waals surface area contributed by atoms with E-state index in [-0.39, 0.29) is 24.4 Å². The van der Waals surface area contributed by atoms with Gasteiger partial charge in [0.15, 0.2) is 0 Å². The van der Waals surface area contributed by atoms with E-state index in [0.717, 1.165) is 12.0 Å². The molecule has 5 nitrogen and oxygen atoms in total. The predicted octanol–water partition coefficient (Wildman–Crippen LogP) is 2.02. The van der Waals surface area contributed by atoms with Crippen LogP contribution in [-0.4, -0.2) is 22.7 Å². The number of hydrogen-bond donors (Lipinski definition) is 2. The molecule has 0 aliphatic rings. The largest absolute Gasteiger partial charge is 0.395 e. The zero-order valence-electron chi connectivity index (χ0n) is 10.1. The van der Waals surface area contributed by atoms with Gasteiger partial charge in [0.25, 0.3) is 5.69 Å². The molecule has 0 aliphatic heterocycles. The maximum Gasteiger partial charge on any atom is 0.269 e. The van der Waals surface area contributed by atoms with Gasteiger partial charge in [0.1, 0.15) is 0 Å². The highest BCUT2D eigenvalue weighted by Gasteiger charge is 2.12. The summed E-state index contributed by atoms with van der Waals surface area (Å²) in [5.41, 5.74) is 1.07. The molecular weight excluding hydrogens is 220 g/mol. The molecule has 0 saturated carbocycles. The molecule has 94 valence electrons. The lowest BCUT2D eigenvalue weighted by Gasteiger charge is -2.20. The van der Waals surface area contributed by atoms with Gasteiger partial charge in [-0.05, 0) is 18.9 Å². The molecule has 0 aromatic heterocycles. The van der Waals surface area contributed by atoms with Crippen LogP contribution in [0.15, 0.2) is 24.3 Å². The van der Waals surface area contributed by atoms with Gasteiger partial charge in [-0.15, -0.1) is 0 Å². The zero-order valence-corrected chi connectivity index (χ0v) is 10.1. The summed E-state index contributed by atoms with van der Waals surface area (Å²) < 4.78 is 0. The van der Waals surface area contributed by atoms with Crippen molar-refractivity contribution in [1.29, 1.82) is 0 Å². The lowest BCUT2D eigenvalue weighted by Crippen LogP contribution is -2.33. The third-order valence-electron chi connectivity index (χ3n) is 2.80. The lowest BCUT2D eigenvalue weighted by molar-refractivity contribution is -0.384. The van der Waals surface area contributed by atoms with Crippen molar-refractivity contribution < 1.29 is 10.0 Å². The molecule has 2 atom stereocenters. The molecule has 0 bridgehead atoms. The minimum absolute atomic E-state index is 0.0557. The third kappa shape index (κ3) is 3.80. The van der Waals surface area contributed by atoms with Gasteiger partial charge in [-0.1, -0.05) is 19.1 Å². The second-order valence-corrected chi connectivity index (χ2v) is 4.02. The van der Waals surface area contributed by atoms with Crippen molar-refractivity contribution in [3.8, 4) is 0 Å². The minimum Gasteiger partial charge on any atom is -0.395 e. The van der Waals surface area contributed by atoms with Crippen molar-refractivity contribution in [1.82, 2.24) is 5.32 Å². The number of aliphatic hydroxyl groups excluding tert-OH is 1. The lowest BCUT2D eigenvalue weighted by atomic mass is 10.1. The maximum absolute atomic E-state index is 10.5. The number of nitrogens with one attached hydrogen (secondary N) is 1. The maximum atomic E-state index is 10.5. The Labute approximate surface area is 101 Å². The summed E-state index contributed by atoms with van der Waals surface area (Å²) in [5, 5.41) is 22.9. The first-order chi connectivity index (χ1) is 8.08. The molecule has 0 heterocycles. The molecule has 0 aliphatic carbocycles. The van der Waals surface area contributed by atoms with Crippen LogP contribution in [0.5, 0.6) is 0 Å². The van der Waals surface area contributed by atoms with E-state index in [4.69, 9.17) is 5.11 Å². The second-order valence-electron chi connectivity index (χ2n) is 4.02. The summed E-state index contributed by atoms with van der Waals surface area (Å²) in [5.74, 6) is 0. The van der Waals surface area contributed by atoms with Crippen molar-refractivity contribution in [2.45, 2.75) is 32.4 Å². The molecule has 1 aromatic rings. The summed E-state index contributed by atoms with van der Waals surface area (Å²) >= 11 is 0. The first-order valence-electron chi connectivity index (χ1n) is 5.69. The quantitative estimate of drug-likeness (QED) is 0.587. The predicted molar refractivity (Wildman–Crippen MR) is 65.8 cm³/mol. The Morgan fingerprint density at radius 3 is 2.41 bits per heavy atom. The van der Waals surface area contributed by atoms with Gasteiger partial charge in [-0.25, -0.2) is 0 Å². The monoisotopic (exact) mass is 238 g/mol. The summed E-state index contributed by atoms with van der Waals surface area (Å²) in [4.78, 5) is 10.1. The normalized spacial score (nSPS) is 14.3. The summed E-state index contributed by atoms with van der Waals surface area (Å²) in [6.07, 6.45) is 0.841. The Balaban J connectivity index is 2.69. The standard InChI is InChI=1S/C12H18N2O3/c1-3-11(8-15)13-9(2)10-4-6-12(7-5-10)14(16)17/h4-7,9,11,13,15H,3,8H2,1-2H3/t9?,11-/m1/s1. The second kappa shape index (κ2) is 6.32. The van der Waals surface area contributed by atoms with E-state index in [1.807, 2.05) is 13.8 Å². The Bertz CT molecular complexity index is 361. The van der Waals surface area contributed by atoms with Gasteiger partial charge in [0.05, 0.1) is 11.5 Å². The van der Waals surface area contributed by atoms with E-state index >= 15 is 0 Å². The van der Waals surface area contributed by atoms with Gasteiger partial charge in [0.2, 0.25) is 0 Å². The number of aliphatic hydroxyl groups is 1. The highest BCUT2D eigenvalue weighted by atomic mass is 16.6. The molecule has 1 rings (SSSR count). The molecule has 0 fully saturated rings. The van der Waals surface area contributed by atoms with Crippen LogP contribution < -0.4 is 5.32 Å². The van der Waals surface area contributed by atoms with Crippen molar-refractivity contribution in [3.63, 3.8) is 0 Å². The topological polar surface area (TPSA) is 75.4 Å². The summed E-state index contributed by atoms with van der Waals surface area (Å²) in [7, 11) is 0. The first kappa shape index (κ1) is 13.6. The smallest absolute Gasteiger partial charge is 0.269 e. The van der Waals surface area contributed by atoms with Crippen molar-refractivity contribution in [3.05, 3.63) is 39.9 Å². The number of hydrogen-bond acceptors (Lipinski definition) is 4. The number of non-ortho nitro benzene ring substituents is 1. The van der Waals surface area contributed by atoms with E-state index in [1.165, 1.54) is 12.1 Å². The van der Waals surface area contributed by atoms with Crippen molar-refractivity contribution in [2.24, 2.45) is 0 Å². The molecule has 0 spiro atoms. The van der Waals surface area contributed by atoms with E-state index in [1.54, 1.807) is 12.1 Å². The van der Waals surface area contributed by atoms with Crippen molar-refractivity contribution >= 4 is 5.69 Å². The van der Waals surface area contributed by atoms with E-state index < -0.39 is 4.92 Å². The molecular formula is C12H18N2O3. The van der Waals surface area contributed by atoms with Crippen LogP contribution >= 0.6 is 0 Å². The van der Waals surface area contributed by atoms with Gasteiger partial charge in [0, 0.05) is 24.2 Å². The highest BCUT2D eigenvalue weighted by Crippen LogP contribution is 2.18. The average Bonchev–Trinajstić information content (AvgIpc) is 2.35. The van der Waals surface area contributed by atoms with Crippen LogP contribution in [-0.2, 0) is 0 Å². The van der Waals surface area contributed by atoms with E-state index in [9.17, 15) is 10.1 Å². The van der Waals surface area contributed by atoms with Crippen LogP contribution in [0.25, 0.3) is 0 Å². The Hall–Kier alpha value is -1.46. The molecule has 5 heteroatoms.